The number of aliphatic hydroxyl groups excluding tert-OH is 1. The van der Waals surface area contributed by atoms with Gasteiger partial charge in [0.15, 0.2) is 29.2 Å². The molecule has 44 heavy (non-hydrogen) atoms. The van der Waals surface area contributed by atoms with Gasteiger partial charge >= 0.3 is 13.7 Å². The summed E-state index contributed by atoms with van der Waals surface area (Å²) in [6.45, 7) is 2.97. The Morgan fingerprint density at radius 1 is 1.27 bits per heavy atom. The Morgan fingerprint density at radius 2 is 1.98 bits per heavy atom. The minimum atomic E-state index is -4.58. The molecule has 5 rings (SSSR count). The molecule has 1 saturated heterocycles. The normalized spacial score (nSPS) is 27.7. The second kappa shape index (κ2) is 12.5. The van der Waals surface area contributed by atoms with Gasteiger partial charge in [-0.1, -0.05) is 18.2 Å². The van der Waals surface area contributed by atoms with E-state index in [-0.39, 0.29) is 41.5 Å². The predicted molar refractivity (Wildman–Crippen MR) is 152 cm³/mol. The van der Waals surface area contributed by atoms with Crippen LogP contribution < -0.4 is 20.1 Å². The number of rotatable bonds is 12. The topological polar surface area (TPSA) is 182 Å². The van der Waals surface area contributed by atoms with Gasteiger partial charge in [0, 0.05) is 0 Å². The number of halogens is 2. The molecule has 14 nitrogen and oxygen atoms in total. The van der Waals surface area contributed by atoms with E-state index in [0.29, 0.717) is 12.8 Å². The summed E-state index contributed by atoms with van der Waals surface area (Å²) in [7, 11) is -4.58. The van der Waals surface area contributed by atoms with Crippen molar-refractivity contribution in [3.63, 3.8) is 0 Å². The highest BCUT2D eigenvalue weighted by molar-refractivity contribution is 7.52. The van der Waals surface area contributed by atoms with Crippen molar-refractivity contribution in [3.8, 4) is 11.6 Å². The van der Waals surface area contributed by atoms with E-state index < -0.39 is 50.2 Å². The van der Waals surface area contributed by atoms with Gasteiger partial charge in [-0.05, 0) is 58.6 Å². The lowest BCUT2D eigenvalue weighted by Gasteiger charge is -2.28. The number of nitrogens with zero attached hydrogens (tertiary/aromatic N) is 4. The van der Waals surface area contributed by atoms with E-state index in [1.165, 1.54) is 19.1 Å². The number of carbonyl (C=O) groups is 1. The van der Waals surface area contributed by atoms with Gasteiger partial charge in [-0.15, -0.1) is 0 Å². The quantitative estimate of drug-likeness (QED) is 0.192. The number of benzene rings is 1. The Morgan fingerprint density at radius 3 is 2.66 bits per heavy atom. The molecule has 17 heteroatoms. The molecule has 4 N–H and O–H groups in total. The minimum Gasteiger partial charge on any atom is -0.476 e. The van der Waals surface area contributed by atoms with Crippen LogP contribution in [0.4, 0.5) is 14.7 Å². The Kier molecular flexibility index (Phi) is 9.10. The van der Waals surface area contributed by atoms with Crippen molar-refractivity contribution in [2.45, 2.75) is 82.5 Å². The molecule has 6 atom stereocenters. The maximum Gasteiger partial charge on any atom is 0.459 e. The first kappa shape index (κ1) is 32.0. The third-order valence-electron chi connectivity index (χ3n) is 7.36. The van der Waals surface area contributed by atoms with E-state index in [1.807, 2.05) is 0 Å². The molecule has 0 radical (unpaired) electrons. The number of nitrogens with one attached hydrogen (secondary N) is 1. The van der Waals surface area contributed by atoms with Gasteiger partial charge in [-0.25, -0.2) is 18.3 Å². The zero-order valence-electron chi connectivity index (χ0n) is 24.4. The molecule has 0 spiro atoms. The third-order valence-corrected chi connectivity index (χ3v) is 8.99. The number of nitrogens with two attached hydrogens (primary N) is 1. The molecular formula is C27H35F2N6O8P. The van der Waals surface area contributed by atoms with Crippen LogP contribution in [0.1, 0.15) is 52.7 Å². The van der Waals surface area contributed by atoms with E-state index in [4.69, 9.17) is 29.0 Å². The van der Waals surface area contributed by atoms with E-state index in [1.54, 1.807) is 25.1 Å². The average molecular weight is 641 g/mol. The molecule has 1 saturated carbocycles. The number of aromatic nitrogens is 4. The Balaban J connectivity index is 1.38. The Labute approximate surface area is 251 Å². The van der Waals surface area contributed by atoms with Gasteiger partial charge < -0.3 is 29.6 Å². The molecule has 2 aromatic heterocycles. The van der Waals surface area contributed by atoms with Crippen LogP contribution >= 0.6 is 7.75 Å². The number of para-hydroxylation sites is 1. The number of alkyl halides is 2. The van der Waals surface area contributed by atoms with Crippen LogP contribution in [-0.4, -0.2) is 73.6 Å². The number of ether oxygens (including phenoxy) is 3. The number of imidazole rings is 1. The maximum absolute atomic E-state index is 16.3. The van der Waals surface area contributed by atoms with E-state index in [9.17, 15) is 14.5 Å². The smallest absolute Gasteiger partial charge is 0.459 e. The standard InChI is InChI=1S/C27H35F2N6O8P/c1-4-39-21-19-20(32-25(30)33-21)35(15-31-19)24-26(3,28)23(37)27(29,42-24)14-40-44(38,43-18-12-6-5-7-13-18)34-16(2)22(36)41-17-10-8-9-11-17/h5-7,12-13,15-17,23-24,37H,4,8-11,14H2,1-3H3,(H,34,38)(H2,30,32,33)/t16?,23-,24?,26+,27+,44?/m0/s1. The van der Waals surface area contributed by atoms with Gasteiger partial charge in [0.1, 0.15) is 24.5 Å². The molecule has 3 unspecified atom stereocenters. The van der Waals surface area contributed by atoms with Crippen LogP contribution in [0.3, 0.4) is 0 Å². The van der Waals surface area contributed by atoms with Gasteiger partial charge in [-0.2, -0.15) is 15.1 Å². The van der Waals surface area contributed by atoms with Crippen molar-refractivity contribution in [1.29, 1.82) is 0 Å². The number of hydrogen-bond donors (Lipinski definition) is 3. The van der Waals surface area contributed by atoms with Crippen molar-refractivity contribution >= 4 is 30.8 Å². The second-order valence-corrected chi connectivity index (χ2v) is 12.5. The summed E-state index contributed by atoms with van der Waals surface area (Å²) in [5, 5.41) is 13.3. The van der Waals surface area contributed by atoms with Crippen LogP contribution in [0.5, 0.6) is 11.6 Å². The van der Waals surface area contributed by atoms with Crippen molar-refractivity contribution in [2.24, 2.45) is 0 Å². The lowest BCUT2D eigenvalue weighted by atomic mass is 9.97. The molecule has 3 aromatic rings. The third kappa shape index (κ3) is 6.49. The highest BCUT2D eigenvalue weighted by atomic mass is 31.2. The van der Waals surface area contributed by atoms with Gasteiger partial charge in [0.25, 0.3) is 5.85 Å². The molecule has 3 heterocycles. The summed E-state index contributed by atoms with van der Waals surface area (Å²) < 4.78 is 74.6. The number of aliphatic hydroxyl groups is 1. The highest BCUT2D eigenvalue weighted by Crippen LogP contribution is 2.52. The fourth-order valence-electron chi connectivity index (χ4n) is 5.12. The fraction of sp³-hybridized carbons (Fsp3) is 0.556. The maximum atomic E-state index is 16.3. The number of fused-ring (bicyclic) bond motifs is 1. The fourth-order valence-corrected chi connectivity index (χ4v) is 6.63. The molecule has 240 valence electrons. The number of anilines is 1. The first-order valence-electron chi connectivity index (χ1n) is 14.2. The van der Waals surface area contributed by atoms with Gasteiger partial charge in [0.05, 0.1) is 12.9 Å². The summed E-state index contributed by atoms with van der Waals surface area (Å²) in [5.74, 6) is -4.09. The number of carbonyl (C=O) groups excluding carboxylic acids is 1. The van der Waals surface area contributed by atoms with Crippen molar-refractivity contribution < 1.29 is 46.5 Å². The zero-order chi connectivity index (χ0) is 31.7. The summed E-state index contributed by atoms with van der Waals surface area (Å²) in [6, 6.07) is 6.61. The molecular weight excluding hydrogens is 605 g/mol. The second-order valence-electron chi connectivity index (χ2n) is 10.8. The molecule has 2 aliphatic rings. The van der Waals surface area contributed by atoms with Crippen LogP contribution in [0, 0.1) is 0 Å². The van der Waals surface area contributed by atoms with Crippen LogP contribution in [0.15, 0.2) is 36.7 Å². The summed E-state index contributed by atoms with van der Waals surface area (Å²) >= 11 is 0. The summed E-state index contributed by atoms with van der Waals surface area (Å²) in [6.07, 6.45) is -0.136. The lowest BCUT2D eigenvalue weighted by molar-refractivity contribution is -0.202. The van der Waals surface area contributed by atoms with E-state index >= 15 is 8.78 Å². The van der Waals surface area contributed by atoms with Crippen LogP contribution in [0.2, 0.25) is 0 Å². The molecule has 0 bridgehead atoms. The largest absolute Gasteiger partial charge is 0.476 e. The monoisotopic (exact) mass is 640 g/mol. The SMILES string of the molecule is CCOc1nc(N)nc2c1ncn2C1O[C@](F)(COP(=O)(NC(C)C(=O)OC2CCCC2)Oc2ccccc2)[C@@H](O)[C@@]1(C)F. The van der Waals surface area contributed by atoms with E-state index in [0.717, 1.165) is 30.7 Å². The first-order chi connectivity index (χ1) is 20.8. The number of esters is 1. The Bertz CT molecular complexity index is 1520. The summed E-state index contributed by atoms with van der Waals surface area (Å²) in [5.41, 5.74) is 3.07. The highest BCUT2D eigenvalue weighted by Gasteiger charge is 2.65. The lowest BCUT2D eigenvalue weighted by Crippen LogP contribution is -2.47. The van der Waals surface area contributed by atoms with Crippen LogP contribution in [0.25, 0.3) is 11.2 Å². The number of nitrogen functional groups attached to an aromatic ring is 1. The van der Waals surface area contributed by atoms with E-state index in [2.05, 4.69) is 20.0 Å². The zero-order valence-corrected chi connectivity index (χ0v) is 25.3. The van der Waals surface area contributed by atoms with Gasteiger partial charge in [-0.3, -0.25) is 13.9 Å². The number of hydrogen-bond acceptors (Lipinski definition) is 12. The van der Waals surface area contributed by atoms with Crippen molar-refractivity contribution in [3.05, 3.63) is 36.7 Å². The van der Waals surface area contributed by atoms with Crippen molar-refractivity contribution in [1.82, 2.24) is 24.6 Å². The van der Waals surface area contributed by atoms with Gasteiger partial charge in [0.2, 0.25) is 11.8 Å². The predicted octanol–water partition coefficient (Wildman–Crippen LogP) is 3.76. The molecule has 1 aromatic carbocycles. The molecule has 1 aliphatic heterocycles. The molecule has 1 aliphatic carbocycles. The molecule has 2 fully saturated rings. The Hall–Kier alpha value is -3.43. The van der Waals surface area contributed by atoms with Crippen molar-refractivity contribution in [2.75, 3.05) is 18.9 Å². The summed E-state index contributed by atoms with van der Waals surface area (Å²) in [4.78, 5) is 24.9. The first-order valence-corrected chi connectivity index (χ1v) is 15.7. The minimum absolute atomic E-state index is 0.0216. The average Bonchev–Trinajstić information content (AvgIpc) is 3.68. The van der Waals surface area contributed by atoms with Crippen LogP contribution in [-0.2, 0) is 23.4 Å². The molecule has 0 amide bonds.